The predicted octanol–water partition coefficient (Wildman–Crippen LogP) is 2.09. The van der Waals surface area contributed by atoms with Gasteiger partial charge in [0, 0.05) is 25.2 Å². The van der Waals surface area contributed by atoms with E-state index in [-0.39, 0.29) is 11.3 Å². The van der Waals surface area contributed by atoms with Gasteiger partial charge in [-0.05, 0) is 39.8 Å². The average molecular weight is 362 g/mol. The second-order valence-corrected chi connectivity index (χ2v) is 7.49. The van der Waals surface area contributed by atoms with Crippen molar-refractivity contribution >= 4 is 28.6 Å². The first kappa shape index (κ1) is 19.5. The van der Waals surface area contributed by atoms with Gasteiger partial charge >= 0.3 is 0 Å². The van der Waals surface area contributed by atoms with Crippen LogP contribution in [0.25, 0.3) is 10.9 Å². The first-order valence-electron chi connectivity index (χ1n) is 8.47. The number of amides is 1. The van der Waals surface area contributed by atoms with Crippen molar-refractivity contribution in [3.05, 3.63) is 34.6 Å². The van der Waals surface area contributed by atoms with E-state index in [1.807, 2.05) is 18.2 Å². The highest BCUT2D eigenvalue weighted by atomic mass is 32.2. The molecule has 0 aliphatic carbocycles. The molecular weight excluding hydrogens is 336 g/mol. The number of fused-ring (bicyclic) bond motifs is 1. The van der Waals surface area contributed by atoms with Crippen molar-refractivity contribution in [2.45, 2.75) is 51.5 Å². The lowest BCUT2D eigenvalue weighted by Crippen LogP contribution is -2.40. The molecule has 0 saturated heterocycles. The van der Waals surface area contributed by atoms with Gasteiger partial charge in [-0.3, -0.25) is 19.1 Å². The van der Waals surface area contributed by atoms with E-state index < -0.39 is 5.91 Å². The Kier molecular flexibility index (Phi) is 6.61. The number of nitrogens with zero attached hydrogens (tertiary/aromatic N) is 3. The molecule has 2 N–H and O–H groups in total. The number of nitrogens with two attached hydrogens (primary N) is 1. The lowest BCUT2D eigenvalue weighted by Gasteiger charge is -2.30. The van der Waals surface area contributed by atoms with E-state index in [2.05, 4.69) is 37.6 Å². The van der Waals surface area contributed by atoms with Gasteiger partial charge in [0.2, 0.25) is 5.91 Å². The second-order valence-electron chi connectivity index (χ2n) is 6.55. The molecule has 0 saturated carbocycles. The zero-order chi connectivity index (χ0) is 18.6. The summed E-state index contributed by atoms with van der Waals surface area (Å²) in [5.74, 6) is -0.326. The van der Waals surface area contributed by atoms with Crippen LogP contribution in [0, 0.1) is 0 Å². The number of rotatable bonds is 8. The predicted molar refractivity (Wildman–Crippen MR) is 103 cm³/mol. The highest BCUT2D eigenvalue weighted by molar-refractivity contribution is 7.99. The molecule has 6 nitrogen and oxygen atoms in total. The summed E-state index contributed by atoms with van der Waals surface area (Å²) in [5.41, 5.74) is 5.82. The molecular formula is C18H26N4O2S. The standard InChI is InChI=1S/C18H26N4O2S/c1-12(2)21(13(3)4)9-10-22-17(24)14-7-5-6-8-15(14)20-18(22)25-11-16(19)23/h5-8,12-13H,9-11H2,1-4H3,(H2,19,23). The number of primary amides is 1. The van der Waals surface area contributed by atoms with E-state index in [1.54, 1.807) is 10.6 Å². The first-order chi connectivity index (χ1) is 11.8. The second kappa shape index (κ2) is 8.49. The fourth-order valence-corrected chi connectivity index (χ4v) is 3.68. The molecule has 1 aromatic carbocycles. The maximum atomic E-state index is 12.9. The smallest absolute Gasteiger partial charge is 0.262 e. The number of aromatic nitrogens is 2. The summed E-state index contributed by atoms with van der Waals surface area (Å²) in [5, 5.41) is 1.13. The lowest BCUT2D eigenvalue weighted by molar-refractivity contribution is -0.115. The minimum absolute atomic E-state index is 0.0787. The molecule has 0 aliphatic rings. The largest absolute Gasteiger partial charge is 0.369 e. The molecule has 1 heterocycles. The molecule has 0 radical (unpaired) electrons. The quantitative estimate of drug-likeness (QED) is 0.574. The molecule has 0 fully saturated rings. The van der Waals surface area contributed by atoms with Crippen molar-refractivity contribution in [2.75, 3.05) is 12.3 Å². The molecule has 0 atom stereocenters. The van der Waals surface area contributed by atoms with E-state index in [0.717, 1.165) is 6.54 Å². The van der Waals surface area contributed by atoms with Gasteiger partial charge in [-0.15, -0.1) is 0 Å². The van der Waals surface area contributed by atoms with Gasteiger partial charge in [-0.2, -0.15) is 0 Å². The Bertz CT molecular complexity index is 793. The average Bonchev–Trinajstić information content (AvgIpc) is 2.54. The van der Waals surface area contributed by atoms with E-state index in [9.17, 15) is 9.59 Å². The molecule has 0 aliphatic heterocycles. The fraction of sp³-hybridized carbons (Fsp3) is 0.500. The molecule has 2 rings (SSSR count). The van der Waals surface area contributed by atoms with Crippen molar-refractivity contribution in [3.8, 4) is 0 Å². The van der Waals surface area contributed by atoms with Crippen molar-refractivity contribution in [1.82, 2.24) is 14.5 Å². The Hall–Kier alpha value is -1.86. The van der Waals surface area contributed by atoms with Gasteiger partial charge < -0.3 is 5.73 Å². The fourth-order valence-electron chi connectivity index (χ4n) is 2.92. The zero-order valence-electron chi connectivity index (χ0n) is 15.2. The molecule has 0 unspecified atom stereocenters. The van der Waals surface area contributed by atoms with E-state index in [0.29, 0.717) is 34.7 Å². The molecule has 136 valence electrons. The third-order valence-corrected chi connectivity index (χ3v) is 5.08. The van der Waals surface area contributed by atoms with Crippen molar-refractivity contribution in [1.29, 1.82) is 0 Å². The number of thioether (sulfide) groups is 1. The van der Waals surface area contributed by atoms with Gasteiger partial charge in [0.25, 0.3) is 5.56 Å². The summed E-state index contributed by atoms with van der Waals surface area (Å²) in [7, 11) is 0. The Morgan fingerprint density at radius 1 is 1.24 bits per heavy atom. The van der Waals surface area contributed by atoms with E-state index in [1.165, 1.54) is 11.8 Å². The van der Waals surface area contributed by atoms with Crippen LogP contribution in [-0.4, -0.2) is 44.7 Å². The van der Waals surface area contributed by atoms with Crippen molar-refractivity contribution < 1.29 is 4.79 Å². The molecule has 0 spiro atoms. The third-order valence-electron chi connectivity index (χ3n) is 4.08. The Morgan fingerprint density at radius 2 is 1.88 bits per heavy atom. The summed E-state index contributed by atoms with van der Waals surface area (Å²) in [6.07, 6.45) is 0. The van der Waals surface area contributed by atoms with Crippen LogP contribution in [0.4, 0.5) is 0 Å². The Labute approximate surface area is 152 Å². The maximum Gasteiger partial charge on any atom is 0.262 e. The molecule has 1 aromatic heterocycles. The monoisotopic (exact) mass is 362 g/mol. The molecule has 7 heteroatoms. The normalized spacial score (nSPS) is 11.8. The summed E-state index contributed by atoms with van der Waals surface area (Å²) in [6.45, 7) is 9.83. The number of hydrogen-bond donors (Lipinski definition) is 1. The Balaban J connectivity index is 2.40. The van der Waals surface area contributed by atoms with Gasteiger partial charge in [0.05, 0.1) is 16.7 Å². The van der Waals surface area contributed by atoms with Gasteiger partial charge in [0.15, 0.2) is 5.16 Å². The van der Waals surface area contributed by atoms with Crippen LogP contribution in [-0.2, 0) is 11.3 Å². The van der Waals surface area contributed by atoms with Crippen LogP contribution in [0.1, 0.15) is 27.7 Å². The van der Waals surface area contributed by atoms with Crippen molar-refractivity contribution in [2.24, 2.45) is 5.73 Å². The minimum Gasteiger partial charge on any atom is -0.369 e. The summed E-state index contributed by atoms with van der Waals surface area (Å²) < 4.78 is 1.66. The van der Waals surface area contributed by atoms with Crippen molar-refractivity contribution in [3.63, 3.8) is 0 Å². The summed E-state index contributed by atoms with van der Waals surface area (Å²) in [4.78, 5) is 31.0. The van der Waals surface area contributed by atoms with Gasteiger partial charge in [-0.1, -0.05) is 23.9 Å². The molecule has 1 amide bonds. The van der Waals surface area contributed by atoms with Crippen LogP contribution in [0.3, 0.4) is 0 Å². The molecule has 25 heavy (non-hydrogen) atoms. The Morgan fingerprint density at radius 3 is 2.48 bits per heavy atom. The summed E-state index contributed by atoms with van der Waals surface area (Å²) in [6, 6.07) is 8.04. The summed E-state index contributed by atoms with van der Waals surface area (Å²) >= 11 is 1.21. The van der Waals surface area contributed by atoms with Crippen LogP contribution >= 0.6 is 11.8 Å². The molecule has 0 bridgehead atoms. The molecule has 2 aromatic rings. The number of benzene rings is 1. The zero-order valence-corrected chi connectivity index (χ0v) is 16.0. The first-order valence-corrected chi connectivity index (χ1v) is 9.46. The number of carbonyl (C=O) groups is 1. The lowest BCUT2D eigenvalue weighted by atomic mass is 10.2. The van der Waals surface area contributed by atoms with E-state index in [4.69, 9.17) is 5.73 Å². The SMILES string of the molecule is CC(C)N(CCn1c(SCC(N)=O)nc2ccccc2c1=O)C(C)C. The van der Waals surface area contributed by atoms with Crippen LogP contribution in [0.15, 0.2) is 34.2 Å². The number of para-hydroxylation sites is 1. The van der Waals surface area contributed by atoms with Crippen LogP contribution in [0.2, 0.25) is 0 Å². The number of hydrogen-bond acceptors (Lipinski definition) is 5. The van der Waals surface area contributed by atoms with E-state index >= 15 is 0 Å². The number of carbonyl (C=O) groups excluding carboxylic acids is 1. The third kappa shape index (κ3) is 4.83. The minimum atomic E-state index is -0.426. The highest BCUT2D eigenvalue weighted by Crippen LogP contribution is 2.18. The van der Waals surface area contributed by atoms with Crippen LogP contribution < -0.4 is 11.3 Å². The maximum absolute atomic E-state index is 12.9. The van der Waals surface area contributed by atoms with Gasteiger partial charge in [-0.25, -0.2) is 4.98 Å². The van der Waals surface area contributed by atoms with Crippen LogP contribution in [0.5, 0.6) is 0 Å². The highest BCUT2D eigenvalue weighted by Gasteiger charge is 2.16. The van der Waals surface area contributed by atoms with Gasteiger partial charge in [0.1, 0.15) is 0 Å². The topological polar surface area (TPSA) is 81.2 Å².